The van der Waals surface area contributed by atoms with Gasteiger partial charge in [0, 0.05) is 15.6 Å². The van der Waals surface area contributed by atoms with E-state index in [-0.39, 0.29) is 16.9 Å². The molecule has 1 aliphatic heterocycles. The molecule has 0 bridgehead atoms. The highest BCUT2D eigenvalue weighted by Crippen LogP contribution is 2.45. The van der Waals surface area contributed by atoms with Gasteiger partial charge < -0.3 is 14.6 Å². The van der Waals surface area contributed by atoms with Crippen LogP contribution in [-0.4, -0.2) is 31.0 Å². The second kappa shape index (κ2) is 8.45. The summed E-state index contributed by atoms with van der Waals surface area (Å²) in [4.78, 5) is 28.3. The molecule has 1 aliphatic rings. The molecular formula is C23H18ClNO5S. The summed E-state index contributed by atoms with van der Waals surface area (Å²) in [5.74, 6) is -1.02. The highest BCUT2D eigenvalue weighted by atomic mass is 35.5. The summed E-state index contributed by atoms with van der Waals surface area (Å²) in [6.07, 6.45) is 0. The van der Waals surface area contributed by atoms with Gasteiger partial charge in [0.05, 0.1) is 25.4 Å². The van der Waals surface area contributed by atoms with Crippen molar-refractivity contribution >= 4 is 46.1 Å². The Balaban J connectivity index is 1.95. The van der Waals surface area contributed by atoms with Gasteiger partial charge in [-0.05, 0) is 53.9 Å². The molecule has 2 heterocycles. The highest BCUT2D eigenvalue weighted by Gasteiger charge is 2.47. The molecule has 1 saturated heterocycles. The van der Waals surface area contributed by atoms with E-state index in [9.17, 15) is 14.7 Å². The lowest BCUT2D eigenvalue weighted by Crippen LogP contribution is -2.29. The number of thiophene rings is 1. The molecule has 1 amide bonds. The first-order valence-corrected chi connectivity index (χ1v) is 10.5. The Morgan fingerprint density at radius 2 is 1.81 bits per heavy atom. The highest BCUT2D eigenvalue weighted by molar-refractivity contribution is 7.10. The van der Waals surface area contributed by atoms with E-state index in [1.165, 1.54) is 30.5 Å². The summed E-state index contributed by atoms with van der Waals surface area (Å²) in [6, 6.07) is 14.4. The number of rotatable bonds is 5. The molecule has 0 saturated carbocycles. The number of hydrogen-bond acceptors (Lipinski definition) is 6. The Labute approximate surface area is 187 Å². The summed E-state index contributed by atoms with van der Waals surface area (Å²) < 4.78 is 10.6. The molecule has 8 heteroatoms. The third kappa shape index (κ3) is 3.66. The number of amides is 1. The first-order chi connectivity index (χ1) is 15.0. The standard InChI is InChI=1S/C23H18ClNO5S/c1-29-15-9-10-17(30-2)16(12-15)21(26)19-20(18-4-3-11-31-18)25(23(28)22(19)27)14-7-5-13(24)6-8-14/h3-12,20,26H,1-2H3/b21-19-. The van der Waals surface area contributed by atoms with Crippen molar-refractivity contribution in [2.75, 3.05) is 19.1 Å². The molecule has 1 N–H and O–H groups in total. The van der Waals surface area contributed by atoms with E-state index in [1.54, 1.807) is 42.5 Å². The number of halogens is 1. The van der Waals surface area contributed by atoms with E-state index in [4.69, 9.17) is 21.1 Å². The van der Waals surface area contributed by atoms with Crippen molar-refractivity contribution in [2.24, 2.45) is 0 Å². The van der Waals surface area contributed by atoms with E-state index in [0.29, 0.717) is 22.2 Å². The number of hydrogen-bond donors (Lipinski definition) is 1. The van der Waals surface area contributed by atoms with Crippen LogP contribution in [0, 0.1) is 0 Å². The SMILES string of the molecule is COc1ccc(OC)c(/C(O)=C2/C(=O)C(=O)N(c3ccc(Cl)cc3)C2c2cccs2)c1. The molecule has 1 unspecified atom stereocenters. The lowest BCUT2D eigenvalue weighted by atomic mass is 9.99. The lowest BCUT2D eigenvalue weighted by molar-refractivity contribution is -0.132. The van der Waals surface area contributed by atoms with Gasteiger partial charge >= 0.3 is 0 Å². The number of ether oxygens (including phenoxy) is 2. The topological polar surface area (TPSA) is 76.1 Å². The number of aliphatic hydroxyl groups excluding tert-OH is 1. The molecule has 0 aliphatic carbocycles. The van der Waals surface area contributed by atoms with Crippen LogP contribution in [0.4, 0.5) is 5.69 Å². The van der Waals surface area contributed by atoms with Crippen molar-refractivity contribution < 1.29 is 24.2 Å². The summed E-state index contributed by atoms with van der Waals surface area (Å²) in [6.45, 7) is 0. The van der Waals surface area contributed by atoms with E-state index in [1.807, 2.05) is 17.5 Å². The van der Waals surface area contributed by atoms with Gasteiger partial charge in [-0.1, -0.05) is 17.7 Å². The normalized spacial score (nSPS) is 17.8. The zero-order valence-electron chi connectivity index (χ0n) is 16.7. The van der Waals surface area contributed by atoms with E-state index >= 15 is 0 Å². The van der Waals surface area contributed by atoms with Gasteiger partial charge in [0.15, 0.2) is 0 Å². The molecule has 1 aromatic heterocycles. The maximum atomic E-state index is 13.1. The number of anilines is 1. The second-order valence-corrected chi connectivity index (χ2v) is 8.14. The molecule has 2 aromatic carbocycles. The van der Waals surface area contributed by atoms with E-state index in [0.717, 1.165) is 4.88 Å². The fourth-order valence-electron chi connectivity index (χ4n) is 3.56. The minimum atomic E-state index is -0.794. The summed E-state index contributed by atoms with van der Waals surface area (Å²) in [7, 11) is 2.96. The van der Waals surface area contributed by atoms with Crippen molar-refractivity contribution in [3.63, 3.8) is 0 Å². The monoisotopic (exact) mass is 455 g/mol. The van der Waals surface area contributed by atoms with Crippen LogP contribution in [0.1, 0.15) is 16.5 Å². The Morgan fingerprint density at radius 1 is 1.06 bits per heavy atom. The Bertz CT molecular complexity index is 1170. The van der Waals surface area contributed by atoms with Crippen molar-refractivity contribution in [1.29, 1.82) is 0 Å². The number of nitrogens with zero attached hydrogens (tertiary/aromatic N) is 1. The Hall–Kier alpha value is -3.29. The van der Waals surface area contributed by atoms with Gasteiger partial charge in [-0.3, -0.25) is 14.5 Å². The van der Waals surface area contributed by atoms with Crippen molar-refractivity contribution in [3.8, 4) is 11.5 Å². The number of methoxy groups -OCH3 is 2. The first kappa shape index (κ1) is 21.0. The maximum absolute atomic E-state index is 13.1. The number of carbonyl (C=O) groups excluding carboxylic acids is 2. The minimum absolute atomic E-state index is 0.0195. The first-order valence-electron chi connectivity index (χ1n) is 9.28. The summed E-state index contributed by atoms with van der Waals surface area (Å²) in [5, 5.41) is 13.6. The maximum Gasteiger partial charge on any atom is 0.300 e. The molecule has 0 spiro atoms. The van der Waals surface area contributed by atoms with Crippen LogP contribution in [0.25, 0.3) is 5.76 Å². The smallest absolute Gasteiger partial charge is 0.300 e. The quantitative estimate of drug-likeness (QED) is 0.331. The predicted octanol–water partition coefficient (Wildman–Crippen LogP) is 5.05. The number of ketones is 1. The van der Waals surface area contributed by atoms with Gasteiger partial charge in [-0.2, -0.15) is 0 Å². The van der Waals surface area contributed by atoms with Gasteiger partial charge in [0.2, 0.25) is 0 Å². The molecule has 4 rings (SSSR count). The summed E-state index contributed by atoms with van der Waals surface area (Å²) >= 11 is 7.38. The predicted molar refractivity (Wildman–Crippen MR) is 120 cm³/mol. The zero-order valence-corrected chi connectivity index (χ0v) is 18.2. The fourth-order valence-corrected chi connectivity index (χ4v) is 4.51. The number of aliphatic hydroxyl groups is 1. The molecule has 6 nitrogen and oxygen atoms in total. The van der Waals surface area contributed by atoms with Gasteiger partial charge in [0.25, 0.3) is 11.7 Å². The van der Waals surface area contributed by atoms with E-state index in [2.05, 4.69) is 0 Å². The van der Waals surface area contributed by atoms with Crippen LogP contribution in [0.5, 0.6) is 11.5 Å². The van der Waals surface area contributed by atoms with Gasteiger partial charge in [-0.15, -0.1) is 11.3 Å². The molecule has 3 aromatic rings. The van der Waals surface area contributed by atoms with Crippen molar-refractivity contribution in [3.05, 3.63) is 81.0 Å². The fraction of sp³-hybridized carbons (Fsp3) is 0.130. The lowest BCUT2D eigenvalue weighted by Gasteiger charge is -2.24. The van der Waals surface area contributed by atoms with Crippen LogP contribution < -0.4 is 14.4 Å². The molecule has 1 fully saturated rings. The summed E-state index contributed by atoms with van der Waals surface area (Å²) in [5.41, 5.74) is 0.744. The van der Waals surface area contributed by atoms with Crippen molar-refractivity contribution in [2.45, 2.75) is 6.04 Å². The van der Waals surface area contributed by atoms with Crippen LogP contribution in [0.15, 0.2) is 65.6 Å². The second-order valence-electron chi connectivity index (χ2n) is 6.73. The van der Waals surface area contributed by atoms with Gasteiger partial charge in [0.1, 0.15) is 23.3 Å². The Kier molecular flexibility index (Phi) is 5.71. The number of carbonyl (C=O) groups is 2. The van der Waals surface area contributed by atoms with Crippen LogP contribution in [0.2, 0.25) is 5.02 Å². The van der Waals surface area contributed by atoms with Crippen molar-refractivity contribution in [1.82, 2.24) is 0 Å². The largest absolute Gasteiger partial charge is 0.507 e. The molecule has 158 valence electrons. The zero-order chi connectivity index (χ0) is 22.1. The third-order valence-electron chi connectivity index (χ3n) is 5.02. The van der Waals surface area contributed by atoms with Crippen LogP contribution >= 0.6 is 22.9 Å². The molecule has 31 heavy (non-hydrogen) atoms. The number of Topliss-reactive ketones (excluding diaryl/α,β-unsaturated/α-hetero) is 1. The minimum Gasteiger partial charge on any atom is -0.507 e. The molecule has 1 atom stereocenters. The average molecular weight is 456 g/mol. The van der Waals surface area contributed by atoms with E-state index < -0.39 is 17.7 Å². The average Bonchev–Trinajstić information content (AvgIpc) is 3.40. The Morgan fingerprint density at radius 3 is 2.42 bits per heavy atom. The number of benzene rings is 2. The third-order valence-corrected chi connectivity index (χ3v) is 6.20. The van der Waals surface area contributed by atoms with Crippen LogP contribution in [-0.2, 0) is 9.59 Å². The molecule has 0 radical (unpaired) electrons. The molecular weight excluding hydrogens is 438 g/mol. The van der Waals surface area contributed by atoms with Crippen LogP contribution in [0.3, 0.4) is 0 Å². The van der Waals surface area contributed by atoms with Gasteiger partial charge in [-0.25, -0.2) is 0 Å².